The number of carbonyl (C=O) groups is 2. The van der Waals surface area contributed by atoms with Gasteiger partial charge in [0.1, 0.15) is 23.0 Å². The summed E-state index contributed by atoms with van der Waals surface area (Å²) in [6.07, 6.45) is 1.51. The van der Waals surface area contributed by atoms with Crippen LogP contribution in [-0.4, -0.2) is 34.9 Å². The number of ether oxygens (including phenoxy) is 2. The molecule has 1 N–H and O–H groups in total. The van der Waals surface area contributed by atoms with Crippen molar-refractivity contribution in [1.29, 1.82) is 0 Å². The van der Waals surface area contributed by atoms with Crippen molar-refractivity contribution in [2.75, 3.05) is 13.2 Å². The van der Waals surface area contributed by atoms with Gasteiger partial charge >= 0.3 is 0 Å². The number of likely N-dealkylation sites (tertiary alicyclic amines) is 1. The van der Waals surface area contributed by atoms with Crippen LogP contribution in [0.2, 0.25) is 0 Å². The summed E-state index contributed by atoms with van der Waals surface area (Å²) in [5, 5.41) is 11.2. The van der Waals surface area contributed by atoms with Gasteiger partial charge in [-0.3, -0.25) is 9.59 Å². The van der Waals surface area contributed by atoms with E-state index in [1.165, 1.54) is 11.2 Å². The average Bonchev–Trinajstić information content (AvgIpc) is 3.42. The molecule has 1 saturated heterocycles. The molecular formula is C26H25NO6. The fourth-order valence-corrected chi connectivity index (χ4v) is 3.96. The van der Waals surface area contributed by atoms with E-state index < -0.39 is 17.7 Å². The molecular weight excluding hydrogens is 422 g/mol. The molecule has 3 aromatic rings. The molecule has 2 aromatic carbocycles. The Kier molecular flexibility index (Phi) is 6.49. The topological polar surface area (TPSA) is 89.2 Å². The summed E-state index contributed by atoms with van der Waals surface area (Å²) in [5.41, 5.74) is 1.05. The maximum absolute atomic E-state index is 13.2. The minimum atomic E-state index is -0.814. The number of ketones is 1. The molecule has 0 aliphatic carbocycles. The first-order valence-electron chi connectivity index (χ1n) is 10.8. The van der Waals surface area contributed by atoms with Gasteiger partial charge in [0, 0.05) is 5.56 Å². The smallest absolute Gasteiger partial charge is 0.296 e. The molecule has 4 rings (SSSR count). The Morgan fingerprint density at radius 2 is 1.67 bits per heavy atom. The van der Waals surface area contributed by atoms with Crippen LogP contribution < -0.4 is 9.47 Å². The van der Waals surface area contributed by atoms with Crippen LogP contribution in [0.25, 0.3) is 5.76 Å². The Balaban J connectivity index is 1.85. The van der Waals surface area contributed by atoms with E-state index in [1.54, 1.807) is 60.7 Å². The first-order chi connectivity index (χ1) is 16.0. The average molecular weight is 447 g/mol. The normalized spacial score (nSPS) is 17.4. The predicted molar refractivity (Wildman–Crippen MR) is 122 cm³/mol. The molecule has 170 valence electrons. The van der Waals surface area contributed by atoms with Gasteiger partial charge in [-0.1, -0.05) is 24.3 Å². The van der Waals surface area contributed by atoms with Gasteiger partial charge in [-0.25, -0.2) is 0 Å². The number of rotatable bonds is 8. The molecule has 1 aromatic heterocycles. The van der Waals surface area contributed by atoms with Crippen molar-refractivity contribution in [1.82, 2.24) is 4.90 Å². The third-order valence-electron chi connectivity index (χ3n) is 5.35. The van der Waals surface area contributed by atoms with Crippen LogP contribution in [0.1, 0.15) is 36.8 Å². The number of hydrogen-bond acceptors (Lipinski definition) is 6. The van der Waals surface area contributed by atoms with Gasteiger partial charge in [-0.05, 0) is 55.8 Å². The molecule has 1 aliphatic rings. The van der Waals surface area contributed by atoms with Crippen LogP contribution in [-0.2, 0) is 16.1 Å². The van der Waals surface area contributed by atoms with E-state index in [-0.39, 0.29) is 17.9 Å². The Morgan fingerprint density at radius 1 is 0.970 bits per heavy atom. The van der Waals surface area contributed by atoms with Crippen LogP contribution in [0.15, 0.2) is 76.9 Å². The van der Waals surface area contributed by atoms with Crippen LogP contribution in [0, 0.1) is 0 Å². The molecule has 1 aliphatic heterocycles. The summed E-state index contributed by atoms with van der Waals surface area (Å²) in [7, 11) is 0. The molecule has 0 saturated carbocycles. The lowest BCUT2D eigenvalue weighted by Crippen LogP contribution is -2.29. The Hall–Kier alpha value is -4.00. The maximum atomic E-state index is 13.2. The Labute approximate surface area is 191 Å². The van der Waals surface area contributed by atoms with E-state index in [1.807, 2.05) is 13.8 Å². The van der Waals surface area contributed by atoms with E-state index in [0.717, 1.165) is 0 Å². The number of benzene rings is 2. The van der Waals surface area contributed by atoms with Gasteiger partial charge in [0.15, 0.2) is 0 Å². The van der Waals surface area contributed by atoms with Crippen molar-refractivity contribution in [3.63, 3.8) is 0 Å². The zero-order valence-corrected chi connectivity index (χ0v) is 18.5. The molecule has 1 fully saturated rings. The standard InChI is InChI=1S/C26H25NO6/c1-3-31-19-10-5-8-17(14-19)23-22(24(28)18-9-6-11-20(15-18)32-4-2)25(29)26(30)27(23)16-21-12-7-13-33-21/h5-15,23,28H,3-4,16H2,1-2H3/b24-22-. The molecule has 0 spiro atoms. The van der Waals surface area contributed by atoms with Gasteiger partial charge in [-0.15, -0.1) is 0 Å². The van der Waals surface area contributed by atoms with E-state index in [9.17, 15) is 14.7 Å². The lowest BCUT2D eigenvalue weighted by molar-refractivity contribution is -0.140. The molecule has 33 heavy (non-hydrogen) atoms. The second-order valence-electron chi connectivity index (χ2n) is 7.47. The number of carbonyl (C=O) groups excluding carboxylic acids is 2. The van der Waals surface area contributed by atoms with Crippen molar-refractivity contribution in [3.8, 4) is 11.5 Å². The summed E-state index contributed by atoms with van der Waals surface area (Å²) < 4.78 is 16.6. The molecule has 1 amide bonds. The first-order valence-corrected chi connectivity index (χ1v) is 10.8. The van der Waals surface area contributed by atoms with E-state index in [2.05, 4.69) is 0 Å². The summed E-state index contributed by atoms with van der Waals surface area (Å²) in [6.45, 7) is 4.75. The Bertz CT molecular complexity index is 1180. The zero-order chi connectivity index (χ0) is 23.4. The fraction of sp³-hybridized carbons (Fsp3) is 0.231. The summed E-state index contributed by atoms with van der Waals surface area (Å²) >= 11 is 0. The second-order valence-corrected chi connectivity index (χ2v) is 7.47. The predicted octanol–water partition coefficient (Wildman–Crippen LogP) is 4.70. The molecule has 0 radical (unpaired) electrons. The fourth-order valence-electron chi connectivity index (χ4n) is 3.96. The third kappa shape index (κ3) is 4.48. The van der Waals surface area contributed by atoms with E-state index in [0.29, 0.717) is 41.6 Å². The highest BCUT2D eigenvalue weighted by molar-refractivity contribution is 6.46. The van der Waals surface area contributed by atoms with Crippen molar-refractivity contribution in [3.05, 3.63) is 89.4 Å². The molecule has 2 heterocycles. The van der Waals surface area contributed by atoms with Gasteiger partial charge in [-0.2, -0.15) is 0 Å². The van der Waals surface area contributed by atoms with Gasteiger partial charge in [0.05, 0.1) is 37.6 Å². The van der Waals surface area contributed by atoms with E-state index >= 15 is 0 Å². The SMILES string of the molecule is CCOc1cccc(/C(O)=C2/C(=O)C(=O)N(Cc3ccco3)C2c2cccc(OCC)c2)c1. The maximum Gasteiger partial charge on any atom is 0.296 e. The number of nitrogens with zero attached hydrogens (tertiary/aromatic N) is 1. The molecule has 7 heteroatoms. The van der Waals surface area contributed by atoms with Crippen LogP contribution in [0.3, 0.4) is 0 Å². The van der Waals surface area contributed by atoms with E-state index in [4.69, 9.17) is 13.9 Å². The van der Waals surface area contributed by atoms with Crippen LogP contribution in [0.4, 0.5) is 0 Å². The molecule has 1 unspecified atom stereocenters. The number of aliphatic hydroxyl groups is 1. The first kappa shape index (κ1) is 22.2. The summed E-state index contributed by atoms with van der Waals surface area (Å²) in [6, 6.07) is 16.6. The van der Waals surface area contributed by atoms with Gasteiger partial charge < -0.3 is 23.9 Å². The largest absolute Gasteiger partial charge is 0.507 e. The highest BCUT2D eigenvalue weighted by Crippen LogP contribution is 2.41. The van der Waals surface area contributed by atoms with Crippen LogP contribution >= 0.6 is 0 Å². The lowest BCUT2D eigenvalue weighted by atomic mass is 9.95. The highest BCUT2D eigenvalue weighted by atomic mass is 16.5. The quantitative estimate of drug-likeness (QED) is 0.306. The van der Waals surface area contributed by atoms with Gasteiger partial charge in [0.25, 0.3) is 11.7 Å². The molecule has 7 nitrogen and oxygen atoms in total. The number of furan rings is 1. The van der Waals surface area contributed by atoms with Crippen LogP contribution in [0.5, 0.6) is 11.5 Å². The molecule has 0 bridgehead atoms. The minimum absolute atomic E-state index is 0.00820. The zero-order valence-electron chi connectivity index (χ0n) is 18.5. The van der Waals surface area contributed by atoms with Crippen molar-refractivity contribution < 1.29 is 28.6 Å². The summed E-state index contributed by atoms with van der Waals surface area (Å²) in [4.78, 5) is 27.6. The van der Waals surface area contributed by atoms with Crippen molar-refractivity contribution in [2.24, 2.45) is 0 Å². The number of Topliss-reactive ketones (excluding diaryl/α,β-unsaturated/α-hetero) is 1. The second kappa shape index (κ2) is 9.65. The lowest BCUT2D eigenvalue weighted by Gasteiger charge is -2.25. The monoisotopic (exact) mass is 447 g/mol. The summed E-state index contributed by atoms with van der Waals surface area (Å²) in [5.74, 6) is -0.0311. The number of hydrogen-bond donors (Lipinski definition) is 1. The number of amides is 1. The minimum Gasteiger partial charge on any atom is -0.507 e. The highest BCUT2D eigenvalue weighted by Gasteiger charge is 2.46. The Morgan fingerprint density at radius 3 is 2.33 bits per heavy atom. The number of aliphatic hydroxyl groups excluding tert-OH is 1. The van der Waals surface area contributed by atoms with Crippen molar-refractivity contribution in [2.45, 2.75) is 26.4 Å². The van der Waals surface area contributed by atoms with Crippen molar-refractivity contribution >= 4 is 17.4 Å². The van der Waals surface area contributed by atoms with Gasteiger partial charge in [0.2, 0.25) is 0 Å². The molecule has 1 atom stereocenters. The third-order valence-corrected chi connectivity index (χ3v) is 5.35.